The molecule has 0 rings (SSSR count). The van der Waals surface area contributed by atoms with Gasteiger partial charge in [0.25, 0.3) is 0 Å². The summed E-state index contributed by atoms with van der Waals surface area (Å²) in [6.45, 7) is 0. The Kier molecular flexibility index (Phi) is 34.4. The van der Waals surface area contributed by atoms with Crippen LogP contribution in [0, 0.1) is 0 Å². The third kappa shape index (κ3) is 22.4. The molecule has 0 bridgehead atoms. The third-order valence-corrected chi connectivity index (χ3v) is 1.96. The molecular formula is C6H15Cl2N2O4S2Zn-. The average Bonchev–Trinajstić information content (AvgIpc) is 2.15. The van der Waals surface area contributed by atoms with E-state index in [2.05, 4.69) is 36.7 Å². The van der Waals surface area contributed by atoms with Crippen LogP contribution in [0.2, 0.25) is 0 Å². The van der Waals surface area contributed by atoms with Crippen LogP contribution in [0.15, 0.2) is 0 Å². The summed E-state index contributed by atoms with van der Waals surface area (Å²) < 4.78 is 0. The van der Waals surface area contributed by atoms with Crippen molar-refractivity contribution in [1.29, 1.82) is 0 Å². The quantitative estimate of drug-likeness (QED) is 0.188. The van der Waals surface area contributed by atoms with Crippen molar-refractivity contribution in [3.8, 4) is 0 Å². The predicted octanol–water partition coefficient (Wildman–Crippen LogP) is -9.15. The maximum Gasteiger partial charge on any atom is 0.363 e. The van der Waals surface area contributed by atoms with Gasteiger partial charge in [-0.25, -0.2) is 9.59 Å². The molecule has 0 aromatic carbocycles. The number of carboxylic acid groups (broad SMARTS) is 2. The molecule has 8 N–H and O–H groups in total. The molecule has 11 heteroatoms. The van der Waals surface area contributed by atoms with Gasteiger partial charge in [-0.2, -0.15) is 12.6 Å². The molecule has 0 unspecified atom stereocenters. The van der Waals surface area contributed by atoms with Gasteiger partial charge in [0.15, 0.2) is 12.1 Å². The van der Waals surface area contributed by atoms with E-state index in [4.69, 9.17) is 10.2 Å². The van der Waals surface area contributed by atoms with Crippen LogP contribution in [0.25, 0.3) is 0 Å². The number of hydrogen-bond acceptors (Lipinski definition) is 4. The summed E-state index contributed by atoms with van der Waals surface area (Å²) in [7, 11) is 0. The Labute approximate surface area is 136 Å². The van der Waals surface area contributed by atoms with Crippen molar-refractivity contribution in [2.75, 3.05) is 11.5 Å². The van der Waals surface area contributed by atoms with E-state index in [1.165, 1.54) is 0 Å². The Morgan fingerprint density at radius 1 is 1.12 bits per heavy atom. The summed E-state index contributed by atoms with van der Waals surface area (Å²) in [4.78, 5) is 19.6. The molecule has 0 aliphatic carbocycles. The summed E-state index contributed by atoms with van der Waals surface area (Å²) in [6, 6.07) is -1.18. The van der Waals surface area contributed by atoms with Crippen LogP contribution in [0.1, 0.15) is 0 Å². The number of hydrogen-bond donors (Lipinski definition) is 5. The van der Waals surface area contributed by atoms with Crippen LogP contribution in [-0.2, 0) is 41.7 Å². The van der Waals surface area contributed by atoms with E-state index < -0.39 is 24.0 Å². The van der Waals surface area contributed by atoms with Crippen molar-refractivity contribution in [3.63, 3.8) is 0 Å². The number of halogens is 2. The zero-order valence-electron chi connectivity index (χ0n) is 9.01. The van der Waals surface area contributed by atoms with Crippen molar-refractivity contribution in [2.45, 2.75) is 12.1 Å². The summed E-state index contributed by atoms with van der Waals surface area (Å²) in [5.41, 5.74) is 6.53. The van der Waals surface area contributed by atoms with Gasteiger partial charge in [0.2, 0.25) is 0 Å². The normalized spacial score (nSPS) is 11.1. The maximum absolute atomic E-state index is 9.82. The van der Waals surface area contributed by atoms with E-state index in [1.807, 2.05) is 0 Å². The molecular weight excluding hydrogens is 365 g/mol. The fourth-order valence-corrected chi connectivity index (χ4v) is 0.448. The molecule has 17 heavy (non-hydrogen) atoms. The van der Waals surface area contributed by atoms with Crippen molar-refractivity contribution in [2.24, 2.45) is 0 Å². The van der Waals surface area contributed by atoms with E-state index in [0.717, 1.165) is 0 Å². The molecule has 102 valence electrons. The zero-order chi connectivity index (χ0) is 11.7. The Morgan fingerprint density at radius 2 is 1.41 bits per heavy atom. The van der Waals surface area contributed by atoms with Crippen molar-refractivity contribution in [1.82, 2.24) is 0 Å². The molecule has 0 heterocycles. The molecule has 0 aliphatic rings. The molecule has 0 aromatic rings. The van der Waals surface area contributed by atoms with Gasteiger partial charge in [-0.15, -0.1) is 5.75 Å². The summed E-state index contributed by atoms with van der Waals surface area (Å²) >= 11 is 8.12. The molecule has 2 atom stereocenters. The Bertz CT molecular complexity index is 185. The number of quaternary nitrogens is 2. The van der Waals surface area contributed by atoms with Crippen LogP contribution < -0.4 is 36.3 Å². The van der Waals surface area contributed by atoms with E-state index in [9.17, 15) is 9.59 Å². The molecule has 6 nitrogen and oxygen atoms in total. The standard InChI is InChI=1S/2C3H7NO2S.2ClH.Zn/c2*4-2(1-7)3(5)6;;;/h2*2,7H,1,4H2,(H,5,6);2*1H;/p-1/t2*2-;;;/m11.../s1. The molecule has 0 aromatic heterocycles. The maximum atomic E-state index is 9.82. The predicted molar refractivity (Wildman–Crippen MR) is 54.7 cm³/mol. The third-order valence-electron chi connectivity index (χ3n) is 1.12. The van der Waals surface area contributed by atoms with Gasteiger partial charge >= 0.3 is 11.9 Å². The Hall–Kier alpha value is 0.763. The smallest absolute Gasteiger partial charge is 0.363 e. The minimum Gasteiger partial charge on any atom is -1.00 e. The van der Waals surface area contributed by atoms with Crippen molar-refractivity contribution >= 4 is 37.2 Å². The van der Waals surface area contributed by atoms with Gasteiger partial charge in [-0.05, 0) is 0 Å². The number of rotatable bonds is 4. The van der Waals surface area contributed by atoms with Gasteiger partial charge in [0.05, 0.1) is 5.75 Å². The fourth-order valence-electron chi connectivity index (χ4n) is 0.149. The van der Waals surface area contributed by atoms with Crippen LogP contribution >= 0.6 is 12.6 Å². The van der Waals surface area contributed by atoms with Gasteiger partial charge in [0.1, 0.15) is 0 Å². The minimum atomic E-state index is -0.921. The molecule has 0 fully saturated rings. The van der Waals surface area contributed by atoms with E-state index >= 15 is 0 Å². The van der Waals surface area contributed by atoms with Crippen LogP contribution in [-0.4, -0.2) is 45.7 Å². The molecule has 0 saturated heterocycles. The molecule has 0 amide bonds. The zero-order valence-corrected chi connectivity index (χ0v) is 15.2. The van der Waals surface area contributed by atoms with Crippen LogP contribution in [0.3, 0.4) is 0 Å². The second-order valence-corrected chi connectivity index (χ2v) is 3.12. The second-order valence-electron chi connectivity index (χ2n) is 2.42. The first-order valence-electron chi connectivity index (χ1n) is 3.67. The largest absolute Gasteiger partial charge is 1.00 e. The van der Waals surface area contributed by atoms with E-state index in [1.54, 1.807) is 0 Å². The summed E-state index contributed by atoms with van der Waals surface area (Å²) in [5.74, 6) is -1.32. The average molecular weight is 380 g/mol. The monoisotopic (exact) mass is 377 g/mol. The Balaban J connectivity index is -0.0000000480. The topological polar surface area (TPSA) is 130 Å². The van der Waals surface area contributed by atoms with Gasteiger partial charge in [-0.1, -0.05) is 0 Å². The molecule has 0 spiro atoms. The van der Waals surface area contributed by atoms with Crippen molar-refractivity contribution in [3.05, 3.63) is 0 Å². The summed E-state index contributed by atoms with van der Waals surface area (Å²) in [5, 5.41) is 16.1. The van der Waals surface area contributed by atoms with Crippen LogP contribution in [0.5, 0.6) is 0 Å². The van der Waals surface area contributed by atoms with Crippen molar-refractivity contribution < 1.29 is 75.6 Å². The van der Waals surface area contributed by atoms with Gasteiger partial charge in [0, 0.05) is 19.5 Å². The Morgan fingerprint density at radius 3 is 1.41 bits per heavy atom. The number of thiol groups is 1. The van der Waals surface area contributed by atoms with E-state index in [-0.39, 0.29) is 50.0 Å². The number of aliphatic carboxylic acids is 2. The van der Waals surface area contributed by atoms with Crippen LogP contribution in [0.4, 0.5) is 0 Å². The van der Waals surface area contributed by atoms with Gasteiger partial charge in [-0.3, -0.25) is 0 Å². The van der Waals surface area contributed by atoms with E-state index in [0.29, 0.717) is 5.75 Å². The first-order chi connectivity index (χ1) is 6.36. The molecule has 0 aliphatic heterocycles. The summed E-state index contributed by atoms with van der Waals surface area (Å²) in [6.07, 6.45) is 0. The molecule has 0 saturated carbocycles. The number of carbonyl (C=O) groups is 2. The molecule has 0 radical (unpaired) electrons. The number of carboxylic acids is 2. The fraction of sp³-hybridized carbons (Fsp3) is 0.667. The first kappa shape index (κ1) is 30.6. The second kappa shape index (κ2) is 19.1. The first-order valence-corrected chi connectivity index (χ1v) is 4.88. The minimum absolute atomic E-state index is 0. The van der Waals surface area contributed by atoms with Gasteiger partial charge < -0.3 is 59.1 Å². The SMILES string of the molecule is [Cl-].[Cl-].[NH3+][C@H](CS)C(=O)O.[NH3+][C@H](C[S-])C(=O)O.[Zn].